The van der Waals surface area contributed by atoms with Crippen LogP contribution in [-0.4, -0.2) is 54.4 Å². The Balaban J connectivity index is 1.62. The fourth-order valence-electron chi connectivity index (χ4n) is 4.31. The van der Waals surface area contributed by atoms with E-state index in [1.54, 1.807) is 7.11 Å². The maximum absolute atomic E-state index is 6.30. The molecule has 0 bridgehead atoms. The van der Waals surface area contributed by atoms with Gasteiger partial charge in [0, 0.05) is 37.9 Å². The highest BCUT2D eigenvalue weighted by atomic mass is 16.5. The molecule has 3 aliphatic rings. The van der Waals surface area contributed by atoms with Crippen molar-refractivity contribution in [2.45, 2.75) is 24.8 Å². The molecule has 0 aliphatic carbocycles. The van der Waals surface area contributed by atoms with Gasteiger partial charge in [-0.25, -0.2) is 9.67 Å². The topological polar surface area (TPSA) is 77.9 Å². The van der Waals surface area contributed by atoms with Crippen LogP contribution in [0.2, 0.25) is 0 Å². The van der Waals surface area contributed by atoms with Crippen molar-refractivity contribution in [3.63, 3.8) is 0 Å². The number of ether oxygens (including phenoxy) is 2. The standard InChI is InChI=1S/C19H23N5O2/c1-23-5-3-14-12(9-23)10-24(22-14)16-8-15-13(7-17(16)25-2)19(18(20)21-15)4-6-26-11-19/h7-8,10H,3-6,9,11H2,1-2H3,(H2,20,21). The number of nitrogens with two attached hydrogens (primary N) is 1. The number of nitrogens with zero attached hydrogens (tertiary/aromatic N) is 4. The summed E-state index contributed by atoms with van der Waals surface area (Å²) in [4.78, 5) is 6.96. The summed E-state index contributed by atoms with van der Waals surface area (Å²) in [5.41, 5.74) is 11.3. The summed E-state index contributed by atoms with van der Waals surface area (Å²) in [6.45, 7) is 3.25. The Morgan fingerprint density at radius 3 is 3.00 bits per heavy atom. The van der Waals surface area contributed by atoms with Crippen LogP contribution in [0.4, 0.5) is 5.69 Å². The molecule has 26 heavy (non-hydrogen) atoms. The van der Waals surface area contributed by atoms with E-state index in [4.69, 9.17) is 20.3 Å². The van der Waals surface area contributed by atoms with E-state index in [1.165, 1.54) is 5.56 Å². The molecule has 0 radical (unpaired) electrons. The maximum atomic E-state index is 6.30. The number of hydrogen-bond acceptors (Lipinski definition) is 6. The quantitative estimate of drug-likeness (QED) is 0.886. The van der Waals surface area contributed by atoms with E-state index in [9.17, 15) is 0 Å². The number of amidine groups is 1. The molecule has 3 aliphatic heterocycles. The van der Waals surface area contributed by atoms with Gasteiger partial charge in [-0.3, -0.25) is 0 Å². The summed E-state index contributed by atoms with van der Waals surface area (Å²) in [5.74, 6) is 1.43. The fraction of sp³-hybridized carbons (Fsp3) is 0.474. The monoisotopic (exact) mass is 353 g/mol. The molecular weight excluding hydrogens is 330 g/mol. The summed E-state index contributed by atoms with van der Waals surface area (Å²) in [6, 6.07) is 4.10. The molecule has 7 heteroatoms. The average molecular weight is 353 g/mol. The number of rotatable bonds is 2. The molecular formula is C19H23N5O2. The number of likely N-dealkylation sites (N-methyl/N-ethyl adjacent to an activating group) is 1. The van der Waals surface area contributed by atoms with Crippen LogP contribution >= 0.6 is 0 Å². The molecule has 1 unspecified atom stereocenters. The summed E-state index contributed by atoms with van der Waals surface area (Å²) in [5, 5.41) is 4.80. The number of hydrogen-bond donors (Lipinski definition) is 1. The SMILES string of the molecule is COc1cc2c(cc1-n1cc3c(n1)CCN(C)C3)N=C(N)C21CCOC1. The number of aromatic nitrogens is 2. The Labute approximate surface area is 152 Å². The summed E-state index contributed by atoms with van der Waals surface area (Å²) < 4.78 is 13.3. The predicted octanol–water partition coefficient (Wildman–Crippen LogP) is 1.53. The van der Waals surface area contributed by atoms with E-state index < -0.39 is 0 Å². The lowest BCUT2D eigenvalue weighted by Crippen LogP contribution is -2.39. The summed E-state index contributed by atoms with van der Waals surface area (Å²) in [7, 11) is 3.83. The van der Waals surface area contributed by atoms with Crippen molar-refractivity contribution in [1.82, 2.24) is 14.7 Å². The predicted molar refractivity (Wildman–Crippen MR) is 98.6 cm³/mol. The number of methoxy groups -OCH3 is 1. The molecule has 1 aromatic carbocycles. The van der Waals surface area contributed by atoms with Gasteiger partial charge in [-0.05, 0) is 31.2 Å². The van der Waals surface area contributed by atoms with Crippen LogP contribution in [0.25, 0.3) is 5.69 Å². The first-order valence-electron chi connectivity index (χ1n) is 9.02. The van der Waals surface area contributed by atoms with Crippen LogP contribution in [0.1, 0.15) is 23.2 Å². The van der Waals surface area contributed by atoms with Gasteiger partial charge in [0.15, 0.2) is 0 Å². The van der Waals surface area contributed by atoms with Crippen molar-refractivity contribution in [3.8, 4) is 11.4 Å². The fourth-order valence-corrected chi connectivity index (χ4v) is 4.31. The number of fused-ring (bicyclic) bond motifs is 3. The molecule has 1 fully saturated rings. The Bertz CT molecular complexity index is 911. The zero-order chi connectivity index (χ0) is 17.9. The van der Waals surface area contributed by atoms with Gasteiger partial charge in [0.25, 0.3) is 0 Å². The molecule has 4 heterocycles. The molecule has 0 amide bonds. The third kappa shape index (κ3) is 2.13. The van der Waals surface area contributed by atoms with Gasteiger partial charge in [-0.1, -0.05) is 0 Å². The zero-order valence-corrected chi connectivity index (χ0v) is 15.2. The van der Waals surface area contributed by atoms with Crippen LogP contribution in [0.3, 0.4) is 0 Å². The zero-order valence-electron chi connectivity index (χ0n) is 15.2. The molecule has 2 aromatic rings. The third-order valence-electron chi connectivity index (χ3n) is 5.86. The van der Waals surface area contributed by atoms with Gasteiger partial charge in [-0.15, -0.1) is 0 Å². The average Bonchev–Trinajstić information content (AvgIpc) is 3.33. The molecule has 1 saturated heterocycles. The highest BCUT2D eigenvalue weighted by Crippen LogP contribution is 2.47. The molecule has 0 saturated carbocycles. The van der Waals surface area contributed by atoms with Crippen LogP contribution < -0.4 is 10.5 Å². The lowest BCUT2D eigenvalue weighted by Gasteiger charge is -2.23. The summed E-state index contributed by atoms with van der Waals surface area (Å²) >= 11 is 0. The van der Waals surface area contributed by atoms with Gasteiger partial charge in [-0.2, -0.15) is 5.10 Å². The van der Waals surface area contributed by atoms with Crippen LogP contribution in [0.5, 0.6) is 5.75 Å². The van der Waals surface area contributed by atoms with Crippen LogP contribution in [0, 0.1) is 0 Å². The first-order valence-corrected chi connectivity index (χ1v) is 9.02. The molecule has 1 spiro atoms. The minimum absolute atomic E-state index is 0.298. The van der Waals surface area contributed by atoms with Gasteiger partial charge in [0.2, 0.25) is 0 Å². The second-order valence-corrected chi connectivity index (χ2v) is 7.46. The Morgan fingerprint density at radius 2 is 2.23 bits per heavy atom. The minimum Gasteiger partial charge on any atom is -0.494 e. The number of aliphatic imine (C=N–C) groups is 1. The lowest BCUT2D eigenvalue weighted by molar-refractivity contribution is 0.188. The Morgan fingerprint density at radius 1 is 1.35 bits per heavy atom. The van der Waals surface area contributed by atoms with E-state index in [0.717, 1.165) is 54.3 Å². The Hall–Kier alpha value is -2.38. The highest BCUT2D eigenvalue weighted by molar-refractivity contribution is 6.00. The van der Waals surface area contributed by atoms with Gasteiger partial charge < -0.3 is 20.1 Å². The molecule has 1 aromatic heterocycles. The lowest BCUT2D eigenvalue weighted by atomic mass is 9.80. The van der Waals surface area contributed by atoms with Crippen LogP contribution in [-0.2, 0) is 23.1 Å². The molecule has 5 rings (SSSR count). The van der Waals surface area contributed by atoms with E-state index in [1.807, 2.05) is 10.7 Å². The Kier molecular flexibility index (Phi) is 3.39. The second-order valence-electron chi connectivity index (χ2n) is 7.46. The van der Waals surface area contributed by atoms with Crippen molar-refractivity contribution in [2.24, 2.45) is 10.7 Å². The molecule has 7 nitrogen and oxygen atoms in total. The van der Waals surface area contributed by atoms with Gasteiger partial charge in [0.05, 0.1) is 30.5 Å². The normalized spacial score (nSPS) is 24.6. The van der Waals surface area contributed by atoms with Crippen molar-refractivity contribution in [3.05, 3.63) is 35.2 Å². The highest BCUT2D eigenvalue weighted by Gasteiger charge is 2.46. The first kappa shape index (κ1) is 15.8. The van der Waals surface area contributed by atoms with E-state index >= 15 is 0 Å². The van der Waals surface area contributed by atoms with Crippen LogP contribution in [0.15, 0.2) is 23.3 Å². The smallest absolute Gasteiger partial charge is 0.144 e. The summed E-state index contributed by atoms with van der Waals surface area (Å²) in [6.07, 6.45) is 3.93. The molecule has 1 atom stereocenters. The van der Waals surface area contributed by atoms with E-state index in [0.29, 0.717) is 19.0 Å². The largest absolute Gasteiger partial charge is 0.494 e. The van der Waals surface area contributed by atoms with Gasteiger partial charge >= 0.3 is 0 Å². The van der Waals surface area contributed by atoms with Crippen molar-refractivity contribution >= 4 is 11.5 Å². The van der Waals surface area contributed by atoms with Crippen molar-refractivity contribution < 1.29 is 9.47 Å². The van der Waals surface area contributed by atoms with Gasteiger partial charge in [0.1, 0.15) is 17.3 Å². The van der Waals surface area contributed by atoms with E-state index in [-0.39, 0.29) is 5.41 Å². The number of benzene rings is 1. The first-order chi connectivity index (χ1) is 12.6. The maximum Gasteiger partial charge on any atom is 0.144 e. The second kappa shape index (κ2) is 5.56. The van der Waals surface area contributed by atoms with Crippen molar-refractivity contribution in [1.29, 1.82) is 0 Å². The minimum atomic E-state index is -0.298. The molecule has 136 valence electrons. The van der Waals surface area contributed by atoms with E-state index in [2.05, 4.69) is 29.2 Å². The van der Waals surface area contributed by atoms with Crippen molar-refractivity contribution in [2.75, 3.05) is 33.9 Å². The molecule has 2 N–H and O–H groups in total. The third-order valence-corrected chi connectivity index (χ3v) is 5.86.